The molecule has 1 saturated heterocycles. The summed E-state index contributed by atoms with van der Waals surface area (Å²) in [5, 5.41) is 11.7. The van der Waals surface area contributed by atoms with E-state index >= 15 is 0 Å². The van der Waals surface area contributed by atoms with Crippen LogP contribution < -0.4 is 19.9 Å². The van der Waals surface area contributed by atoms with Crippen LogP contribution in [-0.4, -0.2) is 48.5 Å². The molecule has 0 atom stereocenters. The zero-order chi connectivity index (χ0) is 19.3. The first kappa shape index (κ1) is 18.0. The summed E-state index contributed by atoms with van der Waals surface area (Å²) in [6, 6.07) is 16.4. The predicted octanol–water partition coefficient (Wildman–Crippen LogP) is 3.26. The topological polar surface area (TPSA) is 66.4 Å². The number of nitrogens with zero attached hydrogens (tertiary/aromatic N) is 5. The van der Waals surface area contributed by atoms with Gasteiger partial charge in [-0.15, -0.1) is 5.10 Å². The third-order valence-corrected chi connectivity index (χ3v) is 4.84. The highest BCUT2D eigenvalue weighted by molar-refractivity contribution is 5.57. The molecule has 7 heteroatoms. The maximum Gasteiger partial charge on any atom is 0.247 e. The van der Waals surface area contributed by atoms with Crippen molar-refractivity contribution in [1.82, 2.24) is 15.2 Å². The Bertz CT molecular complexity index is 922. The summed E-state index contributed by atoms with van der Waals surface area (Å²) in [4.78, 5) is 9.18. The first-order chi connectivity index (χ1) is 13.7. The summed E-state index contributed by atoms with van der Waals surface area (Å²) >= 11 is 0. The average Bonchev–Trinajstić information content (AvgIpc) is 2.74. The Morgan fingerprint density at radius 2 is 1.71 bits per heavy atom. The lowest BCUT2D eigenvalue weighted by Gasteiger charge is -2.36. The average molecular weight is 376 g/mol. The van der Waals surface area contributed by atoms with Crippen LogP contribution in [0.25, 0.3) is 0 Å². The van der Waals surface area contributed by atoms with Crippen LogP contribution in [0, 0.1) is 6.92 Å². The fraction of sp³-hybridized carbons (Fsp3) is 0.286. The Morgan fingerprint density at radius 3 is 2.43 bits per heavy atom. The van der Waals surface area contributed by atoms with E-state index in [4.69, 9.17) is 4.74 Å². The van der Waals surface area contributed by atoms with Gasteiger partial charge in [-0.1, -0.05) is 12.1 Å². The van der Waals surface area contributed by atoms with Gasteiger partial charge in [0.25, 0.3) is 0 Å². The number of ether oxygens (including phenoxy) is 1. The van der Waals surface area contributed by atoms with Crippen molar-refractivity contribution in [3.05, 3.63) is 60.3 Å². The highest BCUT2D eigenvalue weighted by Gasteiger charge is 2.20. The first-order valence-corrected chi connectivity index (χ1v) is 9.38. The molecule has 0 radical (unpaired) electrons. The molecule has 0 spiro atoms. The van der Waals surface area contributed by atoms with E-state index in [1.165, 1.54) is 11.3 Å². The van der Waals surface area contributed by atoms with E-state index in [0.29, 0.717) is 11.8 Å². The molecule has 0 amide bonds. The SMILES string of the molecule is COc1ccc(N2CCN(c3nncc(Nc4cccc(C)c4)n3)CC2)cc1. The number of rotatable bonds is 5. The van der Waals surface area contributed by atoms with Gasteiger partial charge in [0.2, 0.25) is 5.95 Å². The molecule has 2 aromatic carbocycles. The molecular weight excluding hydrogens is 352 g/mol. The van der Waals surface area contributed by atoms with Gasteiger partial charge < -0.3 is 19.9 Å². The Hall–Kier alpha value is -3.35. The molecule has 0 saturated carbocycles. The second-order valence-electron chi connectivity index (χ2n) is 6.81. The van der Waals surface area contributed by atoms with Gasteiger partial charge in [0.15, 0.2) is 5.82 Å². The Kier molecular flexibility index (Phi) is 5.23. The number of anilines is 4. The number of hydrogen-bond acceptors (Lipinski definition) is 7. The molecule has 1 aromatic heterocycles. The third-order valence-electron chi connectivity index (χ3n) is 4.84. The van der Waals surface area contributed by atoms with Crippen molar-refractivity contribution in [3.63, 3.8) is 0 Å². The van der Waals surface area contributed by atoms with Crippen LogP contribution in [0.15, 0.2) is 54.7 Å². The standard InChI is InChI=1S/C21H24N6O/c1-16-4-3-5-17(14-16)23-20-15-22-25-21(24-20)27-12-10-26(11-13-27)18-6-8-19(28-2)9-7-18/h3-9,14-15H,10-13H2,1-2H3,(H,23,24,25). The third kappa shape index (κ3) is 4.14. The summed E-state index contributed by atoms with van der Waals surface area (Å²) in [6.07, 6.45) is 1.65. The summed E-state index contributed by atoms with van der Waals surface area (Å²) < 4.78 is 5.24. The molecule has 7 nitrogen and oxygen atoms in total. The highest BCUT2D eigenvalue weighted by Crippen LogP contribution is 2.22. The number of nitrogens with one attached hydrogen (secondary N) is 1. The van der Waals surface area contributed by atoms with Crippen LogP contribution in [0.3, 0.4) is 0 Å². The van der Waals surface area contributed by atoms with E-state index in [1.54, 1.807) is 13.3 Å². The Labute approximate surface area is 165 Å². The van der Waals surface area contributed by atoms with Gasteiger partial charge in [0.05, 0.1) is 13.3 Å². The molecule has 1 aliphatic rings. The van der Waals surface area contributed by atoms with E-state index < -0.39 is 0 Å². The molecule has 4 rings (SSSR count). The lowest BCUT2D eigenvalue weighted by molar-refractivity contribution is 0.415. The number of methoxy groups -OCH3 is 1. The van der Waals surface area contributed by atoms with Crippen molar-refractivity contribution in [3.8, 4) is 5.75 Å². The van der Waals surface area contributed by atoms with Crippen LogP contribution >= 0.6 is 0 Å². The fourth-order valence-corrected chi connectivity index (χ4v) is 3.32. The van der Waals surface area contributed by atoms with Gasteiger partial charge in [0.1, 0.15) is 5.75 Å². The Balaban J connectivity index is 1.40. The first-order valence-electron chi connectivity index (χ1n) is 9.38. The summed E-state index contributed by atoms with van der Waals surface area (Å²) in [6.45, 7) is 5.58. The van der Waals surface area contributed by atoms with E-state index in [1.807, 2.05) is 24.3 Å². The molecular formula is C21H24N6O. The van der Waals surface area contributed by atoms with Crippen LogP contribution in [0.1, 0.15) is 5.56 Å². The second kappa shape index (κ2) is 8.12. The normalized spacial score (nSPS) is 14.1. The minimum Gasteiger partial charge on any atom is -0.497 e. The Morgan fingerprint density at radius 1 is 0.964 bits per heavy atom. The minimum absolute atomic E-state index is 0.659. The molecule has 28 heavy (non-hydrogen) atoms. The van der Waals surface area contributed by atoms with Gasteiger partial charge in [-0.05, 0) is 48.9 Å². The predicted molar refractivity (Wildman–Crippen MR) is 112 cm³/mol. The van der Waals surface area contributed by atoms with Crippen LogP contribution in [0.4, 0.5) is 23.1 Å². The maximum atomic E-state index is 5.24. The number of aromatic nitrogens is 3. The summed E-state index contributed by atoms with van der Waals surface area (Å²) in [7, 11) is 1.68. The highest BCUT2D eigenvalue weighted by atomic mass is 16.5. The summed E-state index contributed by atoms with van der Waals surface area (Å²) in [5.41, 5.74) is 3.40. The zero-order valence-electron chi connectivity index (χ0n) is 16.2. The molecule has 0 unspecified atom stereocenters. The lowest BCUT2D eigenvalue weighted by Crippen LogP contribution is -2.47. The van der Waals surface area contributed by atoms with E-state index in [9.17, 15) is 0 Å². The van der Waals surface area contributed by atoms with Crippen molar-refractivity contribution >= 4 is 23.1 Å². The van der Waals surface area contributed by atoms with Gasteiger partial charge in [-0.25, -0.2) is 0 Å². The van der Waals surface area contributed by atoms with Crippen molar-refractivity contribution < 1.29 is 4.74 Å². The van der Waals surface area contributed by atoms with Crippen molar-refractivity contribution in [2.24, 2.45) is 0 Å². The maximum absolute atomic E-state index is 5.24. The lowest BCUT2D eigenvalue weighted by atomic mass is 10.2. The number of benzene rings is 2. The second-order valence-corrected chi connectivity index (χ2v) is 6.81. The molecule has 1 fully saturated rings. The number of piperazine rings is 1. The zero-order valence-corrected chi connectivity index (χ0v) is 16.2. The van der Waals surface area contributed by atoms with Crippen molar-refractivity contribution in [2.45, 2.75) is 6.92 Å². The van der Waals surface area contributed by atoms with Crippen molar-refractivity contribution in [2.75, 3.05) is 48.4 Å². The minimum atomic E-state index is 0.659. The quantitative estimate of drug-likeness (QED) is 0.733. The monoisotopic (exact) mass is 376 g/mol. The van der Waals surface area contributed by atoms with Gasteiger partial charge in [0, 0.05) is 37.6 Å². The fourth-order valence-electron chi connectivity index (χ4n) is 3.32. The molecule has 144 valence electrons. The van der Waals surface area contributed by atoms with E-state index in [-0.39, 0.29) is 0 Å². The van der Waals surface area contributed by atoms with Gasteiger partial charge >= 0.3 is 0 Å². The molecule has 3 aromatic rings. The van der Waals surface area contributed by atoms with Gasteiger partial charge in [-0.3, -0.25) is 0 Å². The number of hydrogen-bond donors (Lipinski definition) is 1. The van der Waals surface area contributed by atoms with Gasteiger partial charge in [-0.2, -0.15) is 10.1 Å². The van der Waals surface area contributed by atoms with Crippen LogP contribution in [0.5, 0.6) is 5.75 Å². The van der Waals surface area contributed by atoms with Crippen LogP contribution in [-0.2, 0) is 0 Å². The van der Waals surface area contributed by atoms with E-state index in [2.05, 4.69) is 61.5 Å². The molecule has 1 aliphatic heterocycles. The van der Waals surface area contributed by atoms with Crippen LogP contribution in [0.2, 0.25) is 0 Å². The smallest absolute Gasteiger partial charge is 0.247 e. The van der Waals surface area contributed by atoms with E-state index in [0.717, 1.165) is 37.6 Å². The van der Waals surface area contributed by atoms with Crippen molar-refractivity contribution in [1.29, 1.82) is 0 Å². The summed E-state index contributed by atoms with van der Waals surface area (Å²) in [5.74, 6) is 2.24. The molecule has 1 N–H and O–H groups in total. The molecule has 2 heterocycles. The number of aryl methyl sites for hydroxylation is 1. The molecule has 0 bridgehead atoms. The largest absolute Gasteiger partial charge is 0.497 e. The molecule has 0 aliphatic carbocycles.